The molecule has 1 heterocycles. The Labute approximate surface area is 212 Å². The number of carbonyl (C=O) groups excluding carboxylic acids is 2. The first-order valence-electron chi connectivity index (χ1n) is 12.6. The van der Waals surface area contributed by atoms with Crippen LogP contribution in [0.25, 0.3) is 0 Å². The van der Waals surface area contributed by atoms with Gasteiger partial charge in [-0.15, -0.1) is 0 Å². The molecule has 3 aromatic rings. The summed E-state index contributed by atoms with van der Waals surface area (Å²) in [6.07, 6.45) is 6.72. The topological polar surface area (TPSA) is 81.0 Å². The van der Waals surface area contributed by atoms with Crippen molar-refractivity contribution >= 4 is 11.8 Å². The summed E-state index contributed by atoms with van der Waals surface area (Å²) in [5.41, 5.74) is 1.49. The van der Waals surface area contributed by atoms with Crippen molar-refractivity contribution in [2.45, 2.75) is 57.7 Å². The van der Waals surface area contributed by atoms with Crippen LogP contribution in [0.4, 0.5) is 0 Å². The van der Waals surface area contributed by atoms with Crippen LogP contribution in [0.15, 0.2) is 71.3 Å². The van der Waals surface area contributed by atoms with E-state index in [4.69, 9.17) is 13.9 Å². The fourth-order valence-corrected chi connectivity index (χ4v) is 4.75. The lowest BCUT2D eigenvalue weighted by atomic mass is 9.94. The van der Waals surface area contributed by atoms with Crippen LogP contribution in [0.5, 0.6) is 11.5 Å². The average molecular weight is 491 g/mol. The second kappa shape index (κ2) is 12.3. The van der Waals surface area contributed by atoms with E-state index in [1.54, 1.807) is 24.1 Å². The Balaban J connectivity index is 1.74. The van der Waals surface area contributed by atoms with E-state index >= 15 is 0 Å². The van der Waals surface area contributed by atoms with Crippen molar-refractivity contribution in [1.29, 1.82) is 0 Å². The van der Waals surface area contributed by atoms with Crippen LogP contribution in [-0.4, -0.2) is 36.5 Å². The van der Waals surface area contributed by atoms with E-state index in [1.165, 1.54) is 12.7 Å². The van der Waals surface area contributed by atoms with Gasteiger partial charge >= 0.3 is 0 Å². The summed E-state index contributed by atoms with van der Waals surface area (Å²) < 4.78 is 16.6. The molecular weight excluding hydrogens is 456 g/mol. The molecule has 1 atom stereocenters. The number of ether oxygens (including phenoxy) is 2. The monoisotopic (exact) mass is 490 g/mol. The number of furan rings is 1. The zero-order chi connectivity index (χ0) is 25.3. The summed E-state index contributed by atoms with van der Waals surface area (Å²) in [4.78, 5) is 29.2. The van der Waals surface area contributed by atoms with E-state index in [2.05, 4.69) is 5.32 Å². The molecule has 190 valence electrons. The van der Waals surface area contributed by atoms with Gasteiger partial charge in [-0.05, 0) is 55.7 Å². The Kier molecular flexibility index (Phi) is 8.66. The fourth-order valence-electron chi connectivity index (χ4n) is 4.75. The summed E-state index contributed by atoms with van der Waals surface area (Å²) in [6, 6.07) is 17.4. The van der Waals surface area contributed by atoms with Crippen molar-refractivity contribution in [3.63, 3.8) is 0 Å². The van der Waals surface area contributed by atoms with Crippen LogP contribution in [0, 0.1) is 0 Å². The second-order valence-electron chi connectivity index (χ2n) is 8.97. The predicted octanol–water partition coefficient (Wildman–Crippen LogP) is 5.52. The molecule has 1 aliphatic rings. The highest BCUT2D eigenvalue weighted by Crippen LogP contribution is 2.30. The number of hydrogen-bond acceptors (Lipinski definition) is 5. The van der Waals surface area contributed by atoms with E-state index in [0.29, 0.717) is 23.7 Å². The van der Waals surface area contributed by atoms with Gasteiger partial charge in [-0.25, -0.2) is 0 Å². The van der Waals surface area contributed by atoms with Gasteiger partial charge in [0.15, 0.2) is 5.76 Å². The number of para-hydroxylation sites is 1. The number of amides is 2. The Bertz CT molecular complexity index is 1120. The molecule has 0 radical (unpaired) electrons. The molecule has 1 aliphatic carbocycles. The number of hydrogen-bond donors (Lipinski definition) is 1. The minimum atomic E-state index is -0.870. The third kappa shape index (κ3) is 6.08. The van der Waals surface area contributed by atoms with Gasteiger partial charge in [-0.1, -0.05) is 49.6 Å². The van der Waals surface area contributed by atoms with E-state index in [0.717, 1.165) is 31.2 Å². The molecular formula is C29H34N2O5. The van der Waals surface area contributed by atoms with Crippen molar-refractivity contribution in [3.05, 3.63) is 83.8 Å². The number of nitrogens with one attached hydrogen (secondary N) is 1. The molecule has 0 unspecified atom stereocenters. The smallest absolute Gasteiger partial charge is 0.290 e. The number of carbonyl (C=O) groups is 2. The summed E-state index contributed by atoms with van der Waals surface area (Å²) in [5, 5.41) is 3.23. The zero-order valence-electron chi connectivity index (χ0n) is 20.9. The van der Waals surface area contributed by atoms with Crippen LogP contribution < -0.4 is 14.8 Å². The van der Waals surface area contributed by atoms with E-state index in [-0.39, 0.29) is 30.2 Å². The predicted molar refractivity (Wildman–Crippen MR) is 137 cm³/mol. The number of nitrogens with zero attached hydrogens (tertiary/aromatic N) is 1. The van der Waals surface area contributed by atoms with Crippen molar-refractivity contribution in [2.75, 3.05) is 13.7 Å². The highest BCUT2D eigenvalue weighted by molar-refractivity contribution is 5.96. The Morgan fingerprint density at radius 3 is 2.44 bits per heavy atom. The summed E-state index contributed by atoms with van der Waals surface area (Å²) in [5.74, 6) is 0.949. The minimum absolute atomic E-state index is 0.100. The highest BCUT2D eigenvalue weighted by atomic mass is 16.5. The second-order valence-corrected chi connectivity index (χ2v) is 8.97. The van der Waals surface area contributed by atoms with Gasteiger partial charge in [0.2, 0.25) is 5.91 Å². The number of benzene rings is 2. The molecule has 0 spiro atoms. The van der Waals surface area contributed by atoms with Crippen LogP contribution >= 0.6 is 0 Å². The lowest BCUT2D eigenvalue weighted by Crippen LogP contribution is -2.46. The summed E-state index contributed by atoms with van der Waals surface area (Å²) >= 11 is 0. The normalized spacial score (nSPS) is 14.6. The molecule has 36 heavy (non-hydrogen) atoms. The Morgan fingerprint density at radius 1 is 1.03 bits per heavy atom. The largest absolute Gasteiger partial charge is 0.496 e. The standard InChI is InChI=1S/C29H34N2O5/c1-3-35-24-17-15-21(16-18-24)27(28(32)30-23-11-5-4-6-12-23)31(29(33)26-14-9-19-36-26)20-22-10-7-8-13-25(22)34-2/h7-10,13-19,23,27H,3-6,11-12,20H2,1-2H3,(H,30,32)/t27-/m0/s1. The van der Waals surface area contributed by atoms with Gasteiger partial charge in [-0.3, -0.25) is 9.59 Å². The third-order valence-corrected chi connectivity index (χ3v) is 6.54. The Morgan fingerprint density at radius 2 is 1.78 bits per heavy atom. The maximum Gasteiger partial charge on any atom is 0.290 e. The lowest BCUT2D eigenvalue weighted by Gasteiger charge is -2.33. The molecule has 1 fully saturated rings. The zero-order valence-corrected chi connectivity index (χ0v) is 20.9. The molecule has 1 aromatic heterocycles. The number of rotatable bonds is 10. The first-order chi connectivity index (χ1) is 17.6. The van der Waals surface area contributed by atoms with Gasteiger partial charge in [-0.2, -0.15) is 0 Å². The highest BCUT2D eigenvalue weighted by Gasteiger charge is 2.35. The van der Waals surface area contributed by atoms with E-state index in [9.17, 15) is 9.59 Å². The van der Waals surface area contributed by atoms with Gasteiger partial charge in [0.25, 0.3) is 5.91 Å². The van der Waals surface area contributed by atoms with Crippen LogP contribution in [-0.2, 0) is 11.3 Å². The van der Waals surface area contributed by atoms with Crippen molar-refractivity contribution in [3.8, 4) is 11.5 Å². The molecule has 1 N–H and O–H groups in total. The summed E-state index contributed by atoms with van der Waals surface area (Å²) in [6.45, 7) is 2.63. The minimum Gasteiger partial charge on any atom is -0.496 e. The summed E-state index contributed by atoms with van der Waals surface area (Å²) in [7, 11) is 1.59. The van der Waals surface area contributed by atoms with Crippen LogP contribution in [0.2, 0.25) is 0 Å². The maximum absolute atomic E-state index is 13.9. The quantitative estimate of drug-likeness (QED) is 0.405. The van der Waals surface area contributed by atoms with Crippen molar-refractivity contribution in [1.82, 2.24) is 10.2 Å². The van der Waals surface area contributed by atoms with Gasteiger partial charge < -0.3 is 24.1 Å². The molecule has 7 heteroatoms. The van der Waals surface area contributed by atoms with E-state index in [1.807, 2.05) is 55.5 Å². The Hall–Kier alpha value is -3.74. The maximum atomic E-state index is 13.9. The van der Waals surface area contributed by atoms with Gasteiger partial charge in [0, 0.05) is 11.6 Å². The van der Waals surface area contributed by atoms with Gasteiger partial charge in [0.1, 0.15) is 17.5 Å². The molecule has 4 rings (SSSR count). The molecule has 0 bridgehead atoms. The van der Waals surface area contributed by atoms with E-state index < -0.39 is 6.04 Å². The van der Waals surface area contributed by atoms with Crippen molar-refractivity contribution < 1.29 is 23.5 Å². The molecule has 2 aromatic carbocycles. The van der Waals surface area contributed by atoms with Crippen LogP contribution in [0.3, 0.4) is 0 Å². The lowest BCUT2D eigenvalue weighted by molar-refractivity contribution is -0.127. The first kappa shape index (κ1) is 25.4. The molecule has 7 nitrogen and oxygen atoms in total. The molecule has 0 saturated heterocycles. The van der Waals surface area contributed by atoms with Gasteiger partial charge in [0.05, 0.1) is 26.5 Å². The first-order valence-corrected chi connectivity index (χ1v) is 12.6. The number of methoxy groups -OCH3 is 1. The molecule has 1 saturated carbocycles. The fraction of sp³-hybridized carbons (Fsp3) is 0.379. The third-order valence-electron chi connectivity index (χ3n) is 6.54. The van der Waals surface area contributed by atoms with Crippen LogP contribution in [0.1, 0.15) is 66.8 Å². The SMILES string of the molecule is CCOc1ccc([C@@H](C(=O)NC2CCCCC2)N(Cc2ccccc2OC)C(=O)c2ccco2)cc1. The molecule has 0 aliphatic heterocycles. The molecule has 2 amide bonds. The average Bonchev–Trinajstić information content (AvgIpc) is 3.45. The van der Waals surface area contributed by atoms with Crippen molar-refractivity contribution in [2.24, 2.45) is 0 Å².